The molecule has 1 heterocycles. The van der Waals surface area contributed by atoms with Crippen molar-refractivity contribution >= 4 is 33.4 Å². The minimum Gasteiger partial charge on any atom is -0.267 e. The van der Waals surface area contributed by atoms with E-state index in [9.17, 15) is 19.2 Å². The largest absolute Gasteiger partial charge is 0.359 e. The topological polar surface area (TPSA) is 83.1 Å². The maximum atomic E-state index is 13.9. The quantitative estimate of drug-likeness (QED) is 0.370. The van der Waals surface area contributed by atoms with Crippen molar-refractivity contribution in [3.8, 4) is 5.69 Å². The second-order valence-corrected chi connectivity index (χ2v) is 8.52. The molecule has 0 bridgehead atoms. The van der Waals surface area contributed by atoms with Gasteiger partial charge < -0.3 is 0 Å². The number of nitrogens with zero attached hydrogens (tertiary/aromatic N) is 3. The number of rotatable bonds is 3. The maximum Gasteiger partial charge on any atom is 0.359 e. The van der Waals surface area contributed by atoms with Gasteiger partial charge in [0.15, 0.2) is 0 Å². The van der Waals surface area contributed by atoms with Crippen LogP contribution in [0.2, 0.25) is 0 Å². The van der Waals surface area contributed by atoms with E-state index in [1.165, 1.54) is 0 Å². The van der Waals surface area contributed by atoms with E-state index in [1.807, 2.05) is 36.4 Å². The summed E-state index contributed by atoms with van der Waals surface area (Å²) in [5, 5.41) is 2.79. The van der Waals surface area contributed by atoms with E-state index < -0.39 is 23.2 Å². The van der Waals surface area contributed by atoms with Gasteiger partial charge in [-0.05, 0) is 45.8 Å². The smallest absolute Gasteiger partial charge is 0.267 e. The molecule has 6 rings (SSSR count). The molecule has 178 valence electrons. The van der Waals surface area contributed by atoms with E-state index in [0.29, 0.717) is 20.1 Å². The van der Waals surface area contributed by atoms with Crippen LogP contribution in [0.4, 0.5) is 0 Å². The van der Waals surface area contributed by atoms with Gasteiger partial charge in [0.2, 0.25) is 0 Å². The molecular weight excluding hydrogens is 466 g/mol. The fourth-order valence-electron chi connectivity index (χ4n) is 4.65. The minimum atomic E-state index is -0.928. The summed E-state index contributed by atoms with van der Waals surface area (Å²) in [7, 11) is 0. The SMILES string of the molecule is O=C(c1cccc2ccccc12)n1c(=O)n(-c2ccccc2)c(=O)n1C(=O)c1cccc2ccccc12. The van der Waals surface area contributed by atoms with E-state index in [2.05, 4.69) is 0 Å². The van der Waals surface area contributed by atoms with Crippen LogP contribution in [-0.2, 0) is 0 Å². The summed E-state index contributed by atoms with van der Waals surface area (Å²) < 4.78 is 2.12. The van der Waals surface area contributed by atoms with Crippen molar-refractivity contribution in [2.75, 3.05) is 0 Å². The third-order valence-corrected chi connectivity index (χ3v) is 6.38. The first-order valence-electron chi connectivity index (χ1n) is 11.6. The van der Waals surface area contributed by atoms with Crippen molar-refractivity contribution < 1.29 is 9.59 Å². The average Bonchev–Trinajstić information content (AvgIpc) is 3.21. The number of fused-ring (bicyclic) bond motifs is 2. The van der Waals surface area contributed by atoms with Gasteiger partial charge in [-0.15, -0.1) is 0 Å². The molecule has 0 N–H and O–H groups in total. The zero-order valence-corrected chi connectivity index (χ0v) is 19.4. The molecule has 0 spiro atoms. The van der Waals surface area contributed by atoms with Crippen LogP contribution in [0.5, 0.6) is 0 Å². The van der Waals surface area contributed by atoms with Gasteiger partial charge in [-0.3, -0.25) is 9.59 Å². The molecule has 6 aromatic rings. The Labute approximate surface area is 210 Å². The van der Waals surface area contributed by atoms with Gasteiger partial charge in [-0.2, -0.15) is 9.36 Å². The van der Waals surface area contributed by atoms with Crippen LogP contribution in [0.15, 0.2) is 125 Å². The van der Waals surface area contributed by atoms with Crippen LogP contribution >= 0.6 is 0 Å². The first-order valence-corrected chi connectivity index (χ1v) is 11.6. The normalized spacial score (nSPS) is 11.1. The van der Waals surface area contributed by atoms with Crippen LogP contribution in [-0.4, -0.2) is 25.7 Å². The van der Waals surface area contributed by atoms with Gasteiger partial charge in [0, 0.05) is 11.1 Å². The molecule has 7 nitrogen and oxygen atoms in total. The zero-order chi connectivity index (χ0) is 25.5. The number of carbonyl (C=O) groups excluding carboxylic acids is 2. The fraction of sp³-hybridized carbons (Fsp3) is 0. The number of benzene rings is 5. The number of aromatic nitrogens is 3. The number of hydrogen-bond donors (Lipinski definition) is 0. The lowest BCUT2D eigenvalue weighted by Crippen LogP contribution is -2.37. The summed E-state index contributed by atoms with van der Waals surface area (Å²) in [4.78, 5) is 55.3. The van der Waals surface area contributed by atoms with Crippen molar-refractivity contribution in [1.29, 1.82) is 0 Å². The van der Waals surface area contributed by atoms with Crippen LogP contribution < -0.4 is 11.4 Å². The monoisotopic (exact) mass is 485 g/mol. The molecule has 0 saturated heterocycles. The fourth-order valence-corrected chi connectivity index (χ4v) is 4.65. The number of para-hydroxylation sites is 1. The van der Waals surface area contributed by atoms with Crippen molar-refractivity contribution in [1.82, 2.24) is 13.9 Å². The van der Waals surface area contributed by atoms with Crippen LogP contribution in [0.3, 0.4) is 0 Å². The molecule has 0 aliphatic heterocycles. The van der Waals surface area contributed by atoms with Gasteiger partial charge >= 0.3 is 11.4 Å². The van der Waals surface area contributed by atoms with Crippen LogP contribution in [0, 0.1) is 0 Å². The molecule has 0 aliphatic rings. The van der Waals surface area contributed by atoms with Gasteiger partial charge in [0.1, 0.15) is 0 Å². The summed E-state index contributed by atoms with van der Waals surface area (Å²) in [6, 6.07) is 32.9. The second kappa shape index (κ2) is 8.73. The lowest BCUT2D eigenvalue weighted by molar-refractivity contribution is 0.0843. The third-order valence-electron chi connectivity index (χ3n) is 6.38. The van der Waals surface area contributed by atoms with E-state index >= 15 is 0 Å². The number of hydrogen-bond acceptors (Lipinski definition) is 4. The molecular formula is C30H19N3O4. The Bertz CT molecular complexity index is 1830. The molecule has 7 heteroatoms. The summed E-state index contributed by atoms with van der Waals surface area (Å²) >= 11 is 0. The van der Waals surface area contributed by atoms with Gasteiger partial charge in [0.05, 0.1) is 5.69 Å². The second-order valence-electron chi connectivity index (χ2n) is 8.52. The van der Waals surface area contributed by atoms with Gasteiger partial charge in [0.25, 0.3) is 11.8 Å². The predicted molar refractivity (Wildman–Crippen MR) is 142 cm³/mol. The third kappa shape index (κ3) is 3.52. The lowest BCUT2D eigenvalue weighted by atomic mass is 10.0. The van der Waals surface area contributed by atoms with Crippen LogP contribution in [0.1, 0.15) is 20.7 Å². The van der Waals surface area contributed by atoms with E-state index in [1.54, 1.807) is 78.9 Å². The Morgan fingerprint density at radius 2 is 0.865 bits per heavy atom. The number of carbonyl (C=O) groups is 2. The molecule has 0 amide bonds. The van der Waals surface area contributed by atoms with Gasteiger partial charge in [-0.1, -0.05) is 91.0 Å². The minimum absolute atomic E-state index is 0.199. The first-order chi connectivity index (χ1) is 18.1. The zero-order valence-electron chi connectivity index (χ0n) is 19.4. The average molecular weight is 485 g/mol. The molecule has 0 unspecified atom stereocenters. The molecule has 0 atom stereocenters. The van der Waals surface area contributed by atoms with Crippen molar-refractivity contribution in [3.63, 3.8) is 0 Å². The molecule has 1 aromatic heterocycles. The van der Waals surface area contributed by atoms with Crippen LogP contribution in [0.25, 0.3) is 27.2 Å². The van der Waals surface area contributed by atoms with Crippen molar-refractivity contribution in [2.45, 2.75) is 0 Å². The highest BCUT2D eigenvalue weighted by Crippen LogP contribution is 2.21. The van der Waals surface area contributed by atoms with Gasteiger partial charge in [-0.25, -0.2) is 14.2 Å². The highest BCUT2D eigenvalue weighted by atomic mass is 16.2. The molecule has 37 heavy (non-hydrogen) atoms. The standard InChI is InChI=1S/C30H19N3O4/c34-27(25-18-8-12-20-10-4-6-16-23(20)25)32-29(36)31(22-14-2-1-3-15-22)30(37)33(32)28(35)26-19-9-13-21-11-5-7-17-24(21)26/h1-19H. The summed E-state index contributed by atoms with van der Waals surface area (Å²) in [6.07, 6.45) is 0. The molecule has 0 saturated carbocycles. The molecule has 0 radical (unpaired) electrons. The molecule has 0 fully saturated rings. The summed E-state index contributed by atoms with van der Waals surface area (Å²) in [5.74, 6) is -1.55. The highest BCUT2D eigenvalue weighted by molar-refractivity contribution is 6.11. The Hall–Kier alpha value is -5.30. The Morgan fingerprint density at radius 1 is 0.459 bits per heavy atom. The van der Waals surface area contributed by atoms with Crippen molar-refractivity contribution in [3.05, 3.63) is 147 Å². The maximum absolute atomic E-state index is 13.9. The summed E-state index contributed by atoms with van der Waals surface area (Å²) in [5.41, 5.74) is -1.21. The molecule has 0 aliphatic carbocycles. The van der Waals surface area contributed by atoms with E-state index in [4.69, 9.17) is 0 Å². The first kappa shape index (κ1) is 22.2. The van der Waals surface area contributed by atoms with Crippen molar-refractivity contribution in [2.24, 2.45) is 0 Å². The Balaban J connectivity index is 1.66. The van der Waals surface area contributed by atoms with E-state index in [0.717, 1.165) is 15.3 Å². The highest BCUT2D eigenvalue weighted by Gasteiger charge is 2.29. The predicted octanol–water partition coefficient (Wildman–Crippen LogP) is 4.48. The lowest BCUT2D eigenvalue weighted by Gasteiger charge is -2.11. The summed E-state index contributed by atoms with van der Waals surface area (Å²) in [6.45, 7) is 0. The van der Waals surface area contributed by atoms with E-state index in [-0.39, 0.29) is 16.8 Å². The molecule has 5 aromatic carbocycles. The Kier molecular flexibility index (Phi) is 5.23. The Morgan fingerprint density at radius 3 is 1.35 bits per heavy atom.